The molecular formula is C14H15FN2O2. The molecule has 0 amide bonds. The molecule has 1 aromatic carbocycles. The van der Waals surface area contributed by atoms with Crippen LogP contribution >= 0.6 is 0 Å². The maximum absolute atomic E-state index is 13.2. The van der Waals surface area contributed by atoms with Crippen molar-refractivity contribution in [3.05, 3.63) is 47.9 Å². The number of rotatable bonds is 4. The van der Waals surface area contributed by atoms with Crippen molar-refractivity contribution < 1.29 is 14.2 Å². The molecule has 2 aromatic rings. The molecule has 100 valence electrons. The van der Waals surface area contributed by atoms with E-state index in [1.165, 1.54) is 25.3 Å². The molecule has 0 aliphatic carbocycles. The molecule has 19 heavy (non-hydrogen) atoms. The highest BCUT2D eigenvalue weighted by molar-refractivity contribution is 5.54. The Hall–Kier alpha value is -2.30. The Morgan fingerprint density at radius 1 is 1.37 bits per heavy atom. The van der Waals surface area contributed by atoms with Gasteiger partial charge >= 0.3 is 0 Å². The standard InChI is InChI=1S/C14H15FN2O2/c1-9(11-8-10(15)5-6-13(11)18)17-12-4-3-7-16-14(12)19-2/h3-9,17-18H,1-2H3. The second-order valence-corrected chi connectivity index (χ2v) is 4.13. The molecule has 1 unspecified atom stereocenters. The Bertz CT molecular complexity index is 575. The lowest BCUT2D eigenvalue weighted by molar-refractivity contribution is 0.399. The van der Waals surface area contributed by atoms with Crippen LogP contribution in [0.15, 0.2) is 36.5 Å². The summed E-state index contributed by atoms with van der Waals surface area (Å²) < 4.78 is 18.3. The molecule has 5 heteroatoms. The summed E-state index contributed by atoms with van der Waals surface area (Å²) in [6, 6.07) is 7.14. The van der Waals surface area contributed by atoms with Gasteiger partial charge in [-0.2, -0.15) is 0 Å². The highest BCUT2D eigenvalue weighted by Gasteiger charge is 2.13. The minimum Gasteiger partial charge on any atom is -0.508 e. The number of phenols is 1. The van der Waals surface area contributed by atoms with Gasteiger partial charge in [-0.25, -0.2) is 9.37 Å². The Balaban J connectivity index is 2.25. The van der Waals surface area contributed by atoms with Crippen LogP contribution in [0.4, 0.5) is 10.1 Å². The number of anilines is 1. The van der Waals surface area contributed by atoms with E-state index in [0.717, 1.165) is 0 Å². The Morgan fingerprint density at radius 2 is 2.16 bits per heavy atom. The molecule has 2 rings (SSSR count). The van der Waals surface area contributed by atoms with E-state index >= 15 is 0 Å². The number of ether oxygens (including phenoxy) is 1. The van der Waals surface area contributed by atoms with Crippen molar-refractivity contribution in [2.45, 2.75) is 13.0 Å². The number of aromatic nitrogens is 1. The van der Waals surface area contributed by atoms with Gasteiger partial charge in [-0.1, -0.05) is 0 Å². The summed E-state index contributed by atoms with van der Waals surface area (Å²) in [4.78, 5) is 4.06. The normalized spacial score (nSPS) is 11.9. The summed E-state index contributed by atoms with van der Waals surface area (Å²) in [5, 5.41) is 12.9. The molecule has 0 radical (unpaired) electrons. The fourth-order valence-corrected chi connectivity index (χ4v) is 1.85. The first-order chi connectivity index (χ1) is 9.11. The number of hydrogen-bond acceptors (Lipinski definition) is 4. The second-order valence-electron chi connectivity index (χ2n) is 4.13. The Labute approximate surface area is 110 Å². The van der Waals surface area contributed by atoms with Gasteiger partial charge in [0, 0.05) is 11.8 Å². The zero-order chi connectivity index (χ0) is 13.8. The lowest BCUT2D eigenvalue weighted by Crippen LogP contribution is -2.08. The third kappa shape index (κ3) is 2.93. The van der Waals surface area contributed by atoms with Crippen LogP contribution in [0.5, 0.6) is 11.6 Å². The van der Waals surface area contributed by atoms with E-state index in [2.05, 4.69) is 10.3 Å². The summed E-state index contributed by atoms with van der Waals surface area (Å²) in [6.45, 7) is 1.82. The lowest BCUT2D eigenvalue weighted by Gasteiger charge is -2.18. The van der Waals surface area contributed by atoms with Crippen LogP contribution in [0.1, 0.15) is 18.5 Å². The molecule has 0 saturated carbocycles. The highest BCUT2D eigenvalue weighted by atomic mass is 19.1. The number of aromatic hydroxyl groups is 1. The zero-order valence-corrected chi connectivity index (χ0v) is 10.7. The number of nitrogens with zero attached hydrogens (tertiary/aromatic N) is 1. The number of methoxy groups -OCH3 is 1. The summed E-state index contributed by atoms with van der Waals surface area (Å²) in [6.07, 6.45) is 1.62. The van der Waals surface area contributed by atoms with Crippen LogP contribution in [0.3, 0.4) is 0 Å². The number of nitrogens with one attached hydrogen (secondary N) is 1. The van der Waals surface area contributed by atoms with Crippen LogP contribution in [-0.2, 0) is 0 Å². The van der Waals surface area contributed by atoms with Gasteiger partial charge < -0.3 is 15.2 Å². The maximum atomic E-state index is 13.2. The van der Waals surface area contributed by atoms with E-state index in [-0.39, 0.29) is 17.6 Å². The van der Waals surface area contributed by atoms with Crippen molar-refractivity contribution >= 4 is 5.69 Å². The molecule has 4 nitrogen and oxygen atoms in total. The average Bonchev–Trinajstić information content (AvgIpc) is 2.42. The largest absolute Gasteiger partial charge is 0.508 e. The van der Waals surface area contributed by atoms with E-state index in [1.807, 2.05) is 6.92 Å². The van der Waals surface area contributed by atoms with Crippen LogP contribution in [0.2, 0.25) is 0 Å². The molecule has 0 saturated heterocycles. The van der Waals surface area contributed by atoms with Gasteiger partial charge in [-0.05, 0) is 37.3 Å². The fraction of sp³-hybridized carbons (Fsp3) is 0.214. The van der Waals surface area contributed by atoms with Crippen molar-refractivity contribution in [1.82, 2.24) is 4.98 Å². The van der Waals surface area contributed by atoms with Crippen molar-refractivity contribution in [2.75, 3.05) is 12.4 Å². The SMILES string of the molecule is COc1ncccc1NC(C)c1cc(F)ccc1O. The molecule has 0 aliphatic heterocycles. The van der Waals surface area contributed by atoms with Crippen molar-refractivity contribution in [1.29, 1.82) is 0 Å². The van der Waals surface area contributed by atoms with Gasteiger partial charge in [0.15, 0.2) is 0 Å². The molecular weight excluding hydrogens is 247 g/mol. The Morgan fingerprint density at radius 3 is 2.89 bits per heavy atom. The van der Waals surface area contributed by atoms with E-state index < -0.39 is 0 Å². The molecule has 0 spiro atoms. The second kappa shape index (κ2) is 5.56. The van der Waals surface area contributed by atoms with Crippen molar-refractivity contribution in [3.8, 4) is 11.6 Å². The quantitative estimate of drug-likeness (QED) is 0.889. The number of hydrogen-bond donors (Lipinski definition) is 2. The Kier molecular flexibility index (Phi) is 3.85. The van der Waals surface area contributed by atoms with E-state index in [9.17, 15) is 9.50 Å². The summed E-state index contributed by atoms with van der Waals surface area (Å²) in [5.41, 5.74) is 1.16. The first-order valence-corrected chi connectivity index (χ1v) is 5.85. The summed E-state index contributed by atoms with van der Waals surface area (Å²) in [7, 11) is 1.53. The minimum absolute atomic E-state index is 0.0456. The summed E-state index contributed by atoms with van der Waals surface area (Å²) >= 11 is 0. The molecule has 2 N–H and O–H groups in total. The maximum Gasteiger partial charge on any atom is 0.237 e. The molecule has 0 bridgehead atoms. The molecule has 0 aliphatic rings. The summed E-state index contributed by atoms with van der Waals surface area (Å²) in [5.74, 6) is 0.106. The zero-order valence-electron chi connectivity index (χ0n) is 10.7. The molecule has 1 atom stereocenters. The average molecular weight is 262 g/mol. The molecule has 1 heterocycles. The molecule has 1 aromatic heterocycles. The first-order valence-electron chi connectivity index (χ1n) is 5.85. The predicted octanol–water partition coefficient (Wildman–Crippen LogP) is 3.11. The first kappa shape index (κ1) is 13.1. The van der Waals surface area contributed by atoms with E-state index in [0.29, 0.717) is 17.1 Å². The fourth-order valence-electron chi connectivity index (χ4n) is 1.85. The van der Waals surface area contributed by atoms with Gasteiger partial charge in [-0.3, -0.25) is 0 Å². The van der Waals surface area contributed by atoms with Crippen molar-refractivity contribution in [2.24, 2.45) is 0 Å². The van der Waals surface area contributed by atoms with Crippen LogP contribution in [0, 0.1) is 5.82 Å². The molecule has 0 fully saturated rings. The number of halogens is 1. The van der Waals surface area contributed by atoms with Gasteiger partial charge in [-0.15, -0.1) is 0 Å². The van der Waals surface area contributed by atoms with Crippen molar-refractivity contribution in [3.63, 3.8) is 0 Å². The van der Waals surface area contributed by atoms with Gasteiger partial charge in [0.25, 0.3) is 0 Å². The van der Waals surface area contributed by atoms with E-state index in [4.69, 9.17) is 4.74 Å². The smallest absolute Gasteiger partial charge is 0.237 e. The monoisotopic (exact) mass is 262 g/mol. The van der Waals surface area contributed by atoms with Gasteiger partial charge in [0.2, 0.25) is 5.88 Å². The minimum atomic E-state index is -0.389. The van der Waals surface area contributed by atoms with E-state index in [1.54, 1.807) is 18.3 Å². The highest BCUT2D eigenvalue weighted by Crippen LogP contribution is 2.30. The van der Waals surface area contributed by atoms with Crippen LogP contribution in [-0.4, -0.2) is 17.2 Å². The van der Waals surface area contributed by atoms with Crippen LogP contribution in [0.25, 0.3) is 0 Å². The third-order valence-corrected chi connectivity index (χ3v) is 2.79. The number of phenolic OH excluding ortho intramolecular Hbond substituents is 1. The van der Waals surface area contributed by atoms with Gasteiger partial charge in [0.05, 0.1) is 18.8 Å². The number of benzene rings is 1. The van der Waals surface area contributed by atoms with Crippen LogP contribution < -0.4 is 10.1 Å². The topological polar surface area (TPSA) is 54.4 Å². The third-order valence-electron chi connectivity index (χ3n) is 2.79. The predicted molar refractivity (Wildman–Crippen MR) is 70.9 cm³/mol. The number of pyridine rings is 1. The lowest BCUT2D eigenvalue weighted by atomic mass is 10.1. The van der Waals surface area contributed by atoms with Gasteiger partial charge in [0.1, 0.15) is 11.6 Å².